The average molecular weight is 793 g/mol. The molecule has 0 saturated heterocycles. The predicted octanol–water partition coefficient (Wildman–Crippen LogP) is -1.62. The van der Waals surface area contributed by atoms with Crippen LogP contribution in [0.25, 0.3) is 22.3 Å². The number of fused-ring (bicyclic) bond motifs is 2. The number of esters is 2. The van der Waals surface area contributed by atoms with E-state index in [9.17, 15) is 37.2 Å². The van der Waals surface area contributed by atoms with Gasteiger partial charge in [0.25, 0.3) is 21.2 Å². The first-order valence-electron chi connectivity index (χ1n) is 15.7. The van der Waals surface area contributed by atoms with E-state index >= 15 is 0 Å². The monoisotopic (exact) mass is 792 g/mol. The fraction of sp³-hybridized carbons (Fsp3) is 0.448. The quantitative estimate of drug-likeness (QED) is 0.127. The van der Waals surface area contributed by atoms with Crippen LogP contribution in [0.1, 0.15) is 49.4 Å². The van der Waals surface area contributed by atoms with E-state index in [1.54, 1.807) is 27.7 Å². The highest BCUT2D eigenvalue weighted by Gasteiger charge is 2.24. The van der Waals surface area contributed by atoms with Crippen LogP contribution in [0.5, 0.6) is 0 Å². The molecule has 0 bridgehead atoms. The summed E-state index contributed by atoms with van der Waals surface area (Å²) in [6.07, 6.45) is 3.62. The fourth-order valence-electron chi connectivity index (χ4n) is 4.84. The third-order valence-electron chi connectivity index (χ3n) is 7.65. The first-order valence-corrected chi connectivity index (χ1v) is 17.5. The van der Waals surface area contributed by atoms with Crippen LogP contribution in [0.15, 0.2) is 40.9 Å². The van der Waals surface area contributed by atoms with Crippen LogP contribution in [0.3, 0.4) is 0 Å². The van der Waals surface area contributed by atoms with Crippen LogP contribution < -0.4 is 22.5 Å². The Kier molecular flexibility index (Phi) is 12.4. The number of hydrogen-bond donors (Lipinski definition) is 1. The number of aromatic amines is 1. The standard InChI is InChI=1S/C14H16N6O5.C10H12N4O4.C5H8N2O4S/c1-7(13(22)24-4)20-6-15-11-10(20)12(21)19(14(23)18(11)3)5-9-16-8(2)25-17-9;1-5(9(16)18-3)14-4-11-7-6(14)8(15)12-10(17)13(7)2;1-4-6-5(7-11-4)3-10-12(2,8)9/h6-7H,5H2,1-4H3;4-5H,1-3H3,(H,12,15,17);3H2,1-2H3/t7-;5-;/m00./s1. The minimum Gasteiger partial charge on any atom is -0.467 e. The second-order valence-corrected chi connectivity index (χ2v) is 13.2. The number of methoxy groups -OCH3 is 2. The highest BCUT2D eigenvalue weighted by molar-refractivity contribution is 7.85. The Morgan fingerprint density at radius 1 is 0.818 bits per heavy atom. The van der Waals surface area contributed by atoms with Crippen molar-refractivity contribution in [1.82, 2.24) is 58.1 Å². The summed E-state index contributed by atoms with van der Waals surface area (Å²) >= 11 is 0. The molecule has 6 heterocycles. The van der Waals surface area contributed by atoms with Crippen molar-refractivity contribution in [2.45, 2.75) is 52.9 Å². The molecule has 1 N–H and O–H groups in total. The van der Waals surface area contributed by atoms with Crippen molar-refractivity contribution in [2.24, 2.45) is 14.1 Å². The van der Waals surface area contributed by atoms with Gasteiger partial charge in [-0.15, -0.1) is 0 Å². The van der Waals surface area contributed by atoms with Crippen molar-refractivity contribution in [3.05, 3.63) is 77.8 Å². The summed E-state index contributed by atoms with van der Waals surface area (Å²) < 4.78 is 50.3. The molecule has 6 aromatic heterocycles. The molecule has 0 amide bonds. The molecule has 26 heteroatoms. The molecule has 55 heavy (non-hydrogen) atoms. The molecule has 0 aliphatic carbocycles. The lowest BCUT2D eigenvalue weighted by molar-refractivity contribution is -0.144. The molecular weight excluding hydrogens is 756 g/mol. The van der Waals surface area contributed by atoms with E-state index in [0.717, 1.165) is 10.8 Å². The van der Waals surface area contributed by atoms with Crippen molar-refractivity contribution in [2.75, 3.05) is 20.5 Å². The molecule has 0 aliphatic heterocycles. The first kappa shape index (κ1) is 41.2. The van der Waals surface area contributed by atoms with Gasteiger partial charge in [0.2, 0.25) is 11.8 Å². The number of aromatic nitrogens is 12. The largest absolute Gasteiger partial charge is 0.467 e. The lowest BCUT2D eigenvalue weighted by Crippen LogP contribution is -2.40. The van der Waals surface area contributed by atoms with Gasteiger partial charge in [-0.1, -0.05) is 10.3 Å². The highest BCUT2D eigenvalue weighted by Crippen LogP contribution is 2.15. The lowest BCUT2D eigenvalue weighted by atomic mass is 10.3. The molecule has 6 aromatic rings. The zero-order chi connectivity index (χ0) is 40.9. The van der Waals surface area contributed by atoms with E-state index in [2.05, 4.69) is 48.7 Å². The fourth-order valence-corrected chi connectivity index (χ4v) is 5.16. The van der Waals surface area contributed by atoms with Crippen LogP contribution in [-0.2, 0) is 60.6 Å². The van der Waals surface area contributed by atoms with Gasteiger partial charge in [-0.25, -0.2) is 29.1 Å². The minimum atomic E-state index is -3.43. The van der Waals surface area contributed by atoms with Crippen molar-refractivity contribution < 1.29 is 40.7 Å². The summed E-state index contributed by atoms with van der Waals surface area (Å²) in [4.78, 5) is 89.7. The van der Waals surface area contributed by atoms with E-state index in [0.29, 0.717) is 11.8 Å². The smallest absolute Gasteiger partial charge is 0.332 e. The molecule has 0 spiro atoms. The van der Waals surface area contributed by atoms with Crippen LogP contribution >= 0.6 is 0 Å². The maximum atomic E-state index is 12.9. The zero-order valence-electron chi connectivity index (χ0n) is 30.9. The number of carbonyl (C=O) groups excluding carboxylic acids is 2. The Labute approximate surface area is 308 Å². The number of nitrogens with zero attached hydrogens (tertiary/aromatic N) is 11. The highest BCUT2D eigenvalue weighted by atomic mass is 32.2. The van der Waals surface area contributed by atoms with E-state index in [4.69, 9.17) is 9.26 Å². The van der Waals surface area contributed by atoms with Gasteiger partial charge in [0.15, 0.2) is 34.0 Å². The predicted molar refractivity (Wildman–Crippen MR) is 185 cm³/mol. The number of hydrogen-bond acceptors (Lipinski definition) is 19. The topological polar surface area (TPSA) is 308 Å². The van der Waals surface area contributed by atoms with Gasteiger partial charge in [0, 0.05) is 27.9 Å². The van der Waals surface area contributed by atoms with E-state index in [1.165, 1.54) is 59.2 Å². The molecule has 2 atom stereocenters. The summed E-state index contributed by atoms with van der Waals surface area (Å²) in [5.74, 6) is 0.0870. The summed E-state index contributed by atoms with van der Waals surface area (Å²) in [5.41, 5.74) is -1.64. The Hall–Kier alpha value is -6.57. The molecular formula is C29H36N12O13S. The zero-order valence-corrected chi connectivity index (χ0v) is 31.7. The average Bonchev–Trinajstić information content (AvgIpc) is 3.96. The summed E-state index contributed by atoms with van der Waals surface area (Å²) in [5, 5.41) is 7.14. The van der Waals surface area contributed by atoms with E-state index in [-0.39, 0.29) is 47.1 Å². The molecule has 0 fully saturated rings. The number of nitrogens with one attached hydrogen (secondary N) is 1. The van der Waals surface area contributed by atoms with Gasteiger partial charge in [-0.3, -0.25) is 32.5 Å². The summed E-state index contributed by atoms with van der Waals surface area (Å²) in [7, 11) is 2.06. The second kappa shape index (κ2) is 16.6. The summed E-state index contributed by atoms with van der Waals surface area (Å²) in [6.45, 7) is 6.03. The van der Waals surface area contributed by atoms with Crippen LogP contribution in [0.2, 0.25) is 0 Å². The van der Waals surface area contributed by atoms with Gasteiger partial charge in [0.05, 0.1) is 39.7 Å². The maximum Gasteiger partial charge on any atom is 0.332 e. The number of carbonyl (C=O) groups is 2. The maximum absolute atomic E-state index is 12.9. The van der Waals surface area contributed by atoms with Crippen LogP contribution in [0.4, 0.5) is 0 Å². The summed E-state index contributed by atoms with van der Waals surface area (Å²) in [6, 6.07) is -1.47. The minimum absolute atomic E-state index is 0.111. The third-order valence-corrected chi connectivity index (χ3v) is 8.20. The Morgan fingerprint density at radius 2 is 1.31 bits per heavy atom. The SMILES string of the molecule is COC(=O)[C@H](C)n1cnc2c1c(=O)[nH]c(=O)n2C.COC(=O)[C@H](C)n1cnc2c1c(=O)n(Cc1noc(C)n1)c(=O)n2C.Cc1nc(COS(C)(=O)=O)no1. The van der Waals surface area contributed by atoms with Crippen molar-refractivity contribution in [1.29, 1.82) is 0 Å². The molecule has 0 aliphatic rings. The number of aryl methyl sites for hydroxylation is 4. The van der Waals surface area contributed by atoms with Crippen molar-refractivity contribution >= 4 is 44.4 Å². The molecule has 0 aromatic carbocycles. The first-order chi connectivity index (χ1) is 25.8. The van der Waals surface area contributed by atoms with Gasteiger partial charge < -0.3 is 27.7 Å². The van der Waals surface area contributed by atoms with Crippen LogP contribution in [0, 0.1) is 13.8 Å². The lowest BCUT2D eigenvalue weighted by Gasteiger charge is -2.12. The normalized spacial score (nSPS) is 12.4. The van der Waals surface area contributed by atoms with E-state index < -0.39 is 56.6 Å². The van der Waals surface area contributed by atoms with Crippen LogP contribution in [-0.4, -0.2) is 98.9 Å². The number of H-pyrrole nitrogens is 1. The van der Waals surface area contributed by atoms with Gasteiger partial charge in [0.1, 0.15) is 18.7 Å². The molecule has 0 unspecified atom stereocenters. The molecule has 296 valence electrons. The number of rotatable bonds is 9. The number of imidazole rings is 2. The van der Waals surface area contributed by atoms with Gasteiger partial charge >= 0.3 is 23.3 Å². The Morgan fingerprint density at radius 3 is 1.78 bits per heavy atom. The van der Waals surface area contributed by atoms with Gasteiger partial charge in [-0.05, 0) is 13.8 Å². The molecule has 0 saturated carbocycles. The number of ether oxygens (including phenoxy) is 2. The second-order valence-electron chi connectivity index (χ2n) is 11.5. The third kappa shape index (κ3) is 9.15. The van der Waals surface area contributed by atoms with Crippen molar-refractivity contribution in [3.8, 4) is 0 Å². The molecule has 0 radical (unpaired) electrons. The Balaban J connectivity index is 0.000000196. The molecule has 6 rings (SSSR count). The Bertz CT molecular complexity index is 2710. The van der Waals surface area contributed by atoms with Gasteiger partial charge in [-0.2, -0.15) is 18.4 Å². The van der Waals surface area contributed by atoms with E-state index in [1.807, 2.05) is 0 Å². The molecule has 25 nitrogen and oxygen atoms in total. The van der Waals surface area contributed by atoms with Crippen molar-refractivity contribution in [3.63, 3.8) is 0 Å².